The maximum Gasteiger partial charge on any atom is 0.295 e. The molecular weight excluding hydrogens is 432 g/mol. The van der Waals surface area contributed by atoms with Crippen LogP contribution in [0.2, 0.25) is 0 Å². The lowest BCUT2D eigenvalue weighted by atomic mass is 9.93. The van der Waals surface area contributed by atoms with Gasteiger partial charge in [0.15, 0.2) is 0 Å². The molecule has 0 radical (unpaired) electrons. The minimum atomic E-state index is -0.648. The zero-order valence-electron chi connectivity index (χ0n) is 20.0. The number of carbonyl (C=O) groups is 2. The van der Waals surface area contributed by atoms with Crippen LogP contribution < -0.4 is 4.74 Å². The molecule has 1 amide bonds. The van der Waals surface area contributed by atoms with Crippen LogP contribution >= 0.6 is 0 Å². The molecular formula is C27H32N2O5. The van der Waals surface area contributed by atoms with Crippen LogP contribution in [0.25, 0.3) is 5.76 Å². The van der Waals surface area contributed by atoms with E-state index in [2.05, 4.69) is 4.90 Å². The molecule has 7 nitrogen and oxygen atoms in total. The van der Waals surface area contributed by atoms with Gasteiger partial charge >= 0.3 is 0 Å². The first-order valence-electron chi connectivity index (χ1n) is 11.7. The molecule has 34 heavy (non-hydrogen) atoms. The fraction of sp³-hybridized carbons (Fsp3) is 0.407. The van der Waals surface area contributed by atoms with Gasteiger partial charge in [-0.25, -0.2) is 0 Å². The highest BCUT2D eigenvalue weighted by Crippen LogP contribution is 2.40. The van der Waals surface area contributed by atoms with E-state index in [0.29, 0.717) is 17.9 Å². The summed E-state index contributed by atoms with van der Waals surface area (Å²) in [5, 5.41) is 11.3. The summed E-state index contributed by atoms with van der Waals surface area (Å²) in [6.07, 6.45) is 0.733. The van der Waals surface area contributed by atoms with Crippen molar-refractivity contribution in [1.82, 2.24) is 9.80 Å². The lowest BCUT2D eigenvalue weighted by Gasteiger charge is -2.29. The average Bonchev–Trinajstić information content (AvgIpc) is 3.09. The number of morpholine rings is 1. The van der Waals surface area contributed by atoms with Crippen molar-refractivity contribution in [3.63, 3.8) is 0 Å². The minimum absolute atomic E-state index is 0.133. The summed E-state index contributed by atoms with van der Waals surface area (Å²) < 4.78 is 10.7. The Kier molecular flexibility index (Phi) is 7.34. The summed E-state index contributed by atoms with van der Waals surface area (Å²) >= 11 is 0. The van der Waals surface area contributed by atoms with Crippen LogP contribution in [0.15, 0.2) is 48.0 Å². The van der Waals surface area contributed by atoms with Crippen LogP contribution in [0.5, 0.6) is 5.75 Å². The standard InChI is InChI=1S/C27H32N2O5/c1-18-5-7-20(8-6-18)24-23(25(30)22-10-9-21(33-3)17-19(22)2)26(31)27(32)29(24)12-4-11-28-13-15-34-16-14-28/h5-10,17,24,30H,4,11-16H2,1-3H3/t24-/m0/s1. The number of nitrogens with zero attached hydrogens (tertiary/aromatic N) is 2. The maximum atomic E-state index is 13.2. The van der Waals surface area contributed by atoms with E-state index >= 15 is 0 Å². The third kappa shape index (κ3) is 4.86. The Balaban J connectivity index is 1.69. The second kappa shape index (κ2) is 10.4. The summed E-state index contributed by atoms with van der Waals surface area (Å²) in [6, 6.07) is 12.4. The van der Waals surface area contributed by atoms with Crippen LogP contribution in [0.3, 0.4) is 0 Å². The number of hydrogen-bond donors (Lipinski definition) is 1. The van der Waals surface area contributed by atoms with E-state index < -0.39 is 17.7 Å². The molecule has 2 aromatic rings. The molecule has 2 heterocycles. The molecule has 0 aromatic heterocycles. The summed E-state index contributed by atoms with van der Waals surface area (Å²) in [7, 11) is 1.58. The maximum absolute atomic E-state index is 13.2. The second-order valence-electron chi connectivity index (χ2n) is 8.89. The molecule has 180 valence electrons. The molecule has 2 aromatic carbocycles. The summed E-state index contributed by atoms with van der Waals surface area (Å²) in [6.45, 7) is 8.27. The van der Waals surface area contributed by atoms with Gasteiger partial charge in [0, 0.05) is 31.7 Å². The first-order chi connectivity index (χ1) is 16.4. The highest BCUT2D eigenvalue weighted by Gasteiger charge is 2.45. The van der Waals surface area contributed by atoms with Crippen LogP contribution in [0, 0.1) is 13.8 Å². The molecule has 0 spiro atoms. The largest absolute Gasteiger partial charge is 0.507 e. The molecule has 2 saturated heterocycles. The monoisotopic (exact) mass is 464 g/mol. The Labute approximate surface area is 200 Å². The number of Topliss-reactive ketones (excluding diaryl/α,β-unsaturated/α-hetero) is 1. The van der Waals surface area contributed by atoms with E-state index in [1.165, 1.54) is 0 Å². The predicted octanol–water partition coefficient (Wildman–Crippen LogP) is 3.46. The van der Waals surface area contributed by atoms with Crippen LogP contribution in [0.1, 0.15) is 34.7 Å². The van der Waals surface area contributed by atoms with Crippen LogP contribution in [-0.4, -0.2) is 73.1 Å². The molecule has 2 aliphatic heterocycles. The van der Waals surface area contributed by atoms with E-state index in [-0.39, 0.29) is 11.3 Å². The number of amides is 1. The van der Waals surface area contributed by atoms with Crippen molar-refractivity contribution in [3.8, 4) is 5.75 Å². The number of aliphatic hydroxyl groups excluding tert-OH is 1. The zero-order chi connectivity index (χ0) is 24.2. The third-order valence-electron chi connectivity index (χ3n) is 6.60. The molecule has 0 saturated carbocycles. The molecule has 7 heteroatoms. The van der Waals surface area contributed by atoms with E-state index in [0.717, 1.165) is 56.0 Å². The lowest BCUT2D eigenvalue weighted by Crippen LogP contribution is -2.38. The van der Waals surface area contributed by atoms with E-state index in [9.17, 15) is 14.7 Å². The molecule has 2 fully saturated rings. The second-order valence-corrected chi connectivity index (χ2v) is 8.89. The van der Waals surface area contributed by atoms with E-state index in [1.54, 1.807) is 30.2 Å². The van der Waals surface area contributed by atoms with E-state index in [1.807, 2.05) is 38.1 Å². The van der Waals surface area contributed by atoms with Crippen molar-refractivity contribution in [2.75, 3.05) is 46.5 Å². The lowest BCUT2D eigenvalue weighted by molar-refractivity contribution is -0.140. The van der Waals surface area contributed by atoms with Gasteiger partial charge in [-0.1, -0.05) is 29.8 Å². The van der Waals surface area contributed by atoms with Gasteiger partial charge < -0.3 is 19.5 Å². The van der Waals surface area contributed by atoms with Crippen molar-refractivity contribution in [2.24, 2.45) is 0 Å². The first kappa shape index (κ1) is 24.0. The van der Waals surface area contributed by atoms with Gasteiger partial charge in [-0.3, -0.25) is 14.5 Å². The number of carbonyl (C=O) groups excluding carboxylic acids is 2. The minimum Gasteiger partial charge on any atom is -0.507 e. The first-order valence-corrected chi connectivity index (χ1v) is 11.7. The molecule has 4 rings (SSSR count). The molecule has 0 bridgehead atoms. The average molecular weight is 465 g/mol. The highest BCUT2D eigenvalue weighted by atomic mass is 16.5. The van der Waals surface area contributed by atoms with Crippen molar-refractivity contribution in [3.05, 3.63) is 70.3 Å². The Morgan fingerprint density at radius 1 is 1.06 bits per heavy atom. The van der Waals surface area contributed by atoms with Gasteiger partial charge in [0.25, 0.3) is 11.7 Å². The van der Waals surface area contributed by atoms with Gasteiger partial charge in [-0.15, -0.1) is 0 Å². The molecule has 2 aliphatic rings. The Morgan fingerprint density at radius 3 is 2.41 bits per heavy atom. The quantitative estimate of drug-likeness (QED) is 0.384. The highest BCUT2D eigenvalue weighted by molar-refractivity contribution is 6.46. The van der Waals surface area contributed by atoms with Crippen LogP contribution in [-0.2, 0) is 14.3 Å². The number of rotatable bonds is 7. The number of hydrogen-bond acceptors (Lipinski definition) is 6. The summed E-state index contributed by atoms with van der Waals surface area (Å²) in [5.74, 6) is -0.711. The Morgan fingerprint density at radius 2 is 1.76 bits per heavy atom. The van der Waals surface area contributed by atoms with Gasteiger partial charge in [-0.05, 0) is 49.6 Å². The van der Waals surface area contributed by atoms with Crippen LogP contribution in [0.4, 0.5) is 0 Å². The summed E-state index contributed by atoms with van der Waals surface area (Å²) in [4.78, 5) is 30.3. The van der Waals surface area contributed by atoms with E-state index in [4.69, 9.17) is 9.47 Å². The zero-order valence-corrected chi connectivity index (χ0v) is 20.0. The number of aryl methyl sites for hydroxylation is 2. The van der Waals surface area contributed by atoms with Gasteiger partial charge in [0.1, 0.15) is 11.5 Å². The van der Waals surface area contributed by atoms with Gasteiger partial charge in [0.2, 0.25) is 0 Å². The fourth-order valence-electron chi connectivity index (χ4n) is 4.67. The summed E-state index contributed by atoms with van der Waals surface area (Å²) in [5.41, 5.74) is 3.30. The van der Waals surface area contributed by atoms with Crippen molar-refractivity contribution >= 4 is 17.4 Å². The van der Waals surface area contributed by atoms with Crippen molar-refractivity contribution in [1.29, 1.82) is 0 Å². The number of methoxy groups -OCH3 is 1. The Bertz CT molecular complexity index is 1090. The topological polar surface area (TPSA) is 79.3 Å². The molecule has 0 aliphatic carbocycles. The third-order valence-corrected chi connectivity index (χ3v) is 6.60. The number of ether oxygens (including phenoxy) is 2. The van der Waals surface area contributed by atoms with Crippen molar-refractivity contribution in [2.45, 2.75) is 26.3 Å². The predicted molar refractivity (Wildman–Crippen MR) is 130 cm³/mol. The number of likely N-dealkylation sites (tertiary alicyclic amines) is 1. The Hall–Kier alpha value is -3.16. The fourth-order valence-corrected chi connectivity index (χ4v) is 4.67. The molecule has 1 atom stereocenters. The number of aliphatic hydroxyl groups is 1. The number of benzene rings is 2. The van der Waals surface area contributed by atoms with Gasteiger partial charge in [0.05, 0.1) is 31.9 Å². The molecule has 0 unspecified atom stereocenters. The van der Waals surface area contributed by atoms with Gasteiger partial charge in [-0.2, -0.15) is 0 Å². The molecule has 1 N–H and O–H groups in total. The van der Waals surface area contributed by atoms with Crippen molar-refractivity contribution < 1.29 is 24.2 Å². The normalized spacial score (nSPS) is 20.7. The number of ketones is 1. The smallest absolute Gasteiger partial charge is 0.295 e. The SMILES string of the molecule is COc1ccc(C(O)=C2C(=O)C(=O)N(CCCN3CCOCC3)[C@H]2c2ccc(C)cc2)c(C)c1.